The van der Waals surface area contributed by atoms with Gasteiger partial charge in [0.05, 0.1) is 53.0 Å². The zero-order chi connectivity index (χ0) is 43.7. The molecule has 1 saturated heterocycles. The number of amides is 1. The van der Waals surface area contributed by atoms with Crippen molar-refractivity contribution in [2.45, 2.75) is 85.6 Å². The second-order valence-corrected chi connectivity index (χ2v) is 16.1. The molecule has 9 atom stereocenters. The van der Waals surface area contributed by atoms with E-state index < -0.39 is 88.8 Å². The summed E-state index contributed by atoms with van der Waals surface area (Å²) in [6.07, 6.45) is 4.86. The Morgan fingerprint density at radius 2 is 1.61 bits per heavy atom. The van der Waals surface area contributed by atoms with E-state index in [4.69, 9.17) is 18.9 Å². The first kappa shape index (κ1) is 44.9. The van der Waals surface area contributed by atoms with Crippen LogP contribution in [0.3, 0.4) is 0 Å². The number of rotatable bonds is 4. The summed E-state index contributed by atoms with van der Waals surface area (Å²) in [4.78, 5) is 42.6. The number of piperazine rings is 1. The van der Waals surface area contributed by atoms with Crippen molar-refractivity contribution < 1.29 is 58.9 Å². The van der Waals surface area contributed by atoms with Gasteiger partial charge in [-0.25, -0.2) is 0 Å². The van der Waals surface area contributed by atoms with E-state index in [1.54, 1.807) is 44.9 Å². The SMILES string of the molecule is CO[C@H]1C=CO[C@@]2(C)Oc3c(C)c(O)c4c(O)c(c(C=NN5CCN(C)CC5)c(O)c4c3C2=O)NC(=O)C(C)=CC=C[C@H](C)[C@@H](O)[C@H](C)[C@@H](O)[C@H](C)[C@@H](OC(C)=O)[C@H]1C. The maximum Gasteiger partial charge on any atom is 0.312 e. The molecule has 1 amide bonds. The molecule has 59 heavy (non-hydrogen) atoms. The van der Waals surface area contributed by atoms with Crippen molar-refractivity contribution >= 4 is 40.3 Å². The van der Waals surface area contributed by atoms with Crippen LogP contribution in [0.15, 0.2) is 41.2 Å². The van der Waals surface area contributed by atoms with Gasteiger partial charge < -0.3 is 54.7 Å². The summed E-state index contributed by atoms with van der Waals surface area (Å²) in [5, 5.41) is 66.8. The number of carbonyl (C=O) groups is 3. The summed E-state index contributed by atoms with van der Waals surface area (Å²) in [6.45, 7) is 15.1. The highest BCUT2D eigenvalue weighted by atomic mass is 16.7. The lowest BCUT2D eigenvalue weighted by Gasteiger charge is -2.38. The quantitative estimate of drug-likeness (QED) is 0.109. The van der Waals surface area contributed by atoms with Crippen LogP contribution in [-0.2, 0) is 23.8 Å². The lowest BCUT2D eigenvalue weighted by Crippen LogP contribution is -2.46. The molecule has 0 saturated carbocycles. The maximum atomic E-state index is 14.4. The second kappa shape index (κ2) is 18.0. The molecule has 2 aromatic rings. The number of esters is 1. The smallest absolute Gasteiger partial charge is 0.312 e. The Balaban J connectivity index is 1.70. The van der Waals surface area contributed by atoms with E-state index in [9.17, 15) is 39.9 Å². The number of nitrogens with one attached hydrogen (secondary N) is 1. The molecule has 0 aliphatic carbocycles. The van der Waals surface area contributed by atoms with Gasteiger partial charge in [0.15, 0.2) is 5.75 Å². The molecule has 1 fully saturated rings. The number of hydrogen-bond acceptors (Lipinski definition) is 15. The molecule has 16 nitrogen and oxygen atoms in total. The first-order valence-corrected chi connectivity index (χ1v) is 19.8. The highest BCUT2D eigenvalue weighted by Crippen LogP contribution is 2.55. The Hall–Kier alpha value is -5.16. The number of aromatic hydroxyl groups is 3. The number of methoxy groups -OCH3 is 1. The number of aliphatic hydroxyl groups excluding tert-OH is 2. The van der Waals surface area contributed by atoms with Gasteiger partial charge in [-0.15, -0.1) is 0 Å². The molecule has 6 N–H and O–H groups in total. The number of hydrazone groups is 1. The Morgan fingerprint density at radius 3 is 2.24 bits per heavy atom. The molecule has 4 aliphatic rings. The lowest BCUT2D eigenvalue weighted by atomic mass is 9.78. The zero-order valence-corrected chi connectivity index (χ0v) is 35.3. The van der Waals surface area contributed by atoms with E-state index >= 15 is 0 Å². The van der Waals surface area contributed by atoms with Gasteiger partial charge in [-0.05, 0) is 27.0 Å². The number of phenolic OH excluding ortho intramolecular Hbond substituents is 3. The van der Waals surface area contributed by atoms with Gasteiger partial charge in [0, 0.05) is 87.3 Å². The standard InChI is InChI=1S/C43H58N4O12/c1-21-12-11-13-22(2)42(55)45-33-28(20-44-47-17-15-46(9)16-18-47)37(52)30-31(38(33)53)36(51)26(6)40-32(30)41(54)43(8,59-40)57-19-14-29(56-10)23(3)39(58-27(7)48)25(5)35(50)24(4)34(21)49/h11-14,19-21,23-25,29,34-35,39,49-53H,15-18H2,1-10H3,(H,45,55)/t21-,23-,24-,25-,29-,34+,35+,39-,43-/m0/s1. The van der Waals surface area contributed by atoms with Crippen LogP contribution in [-0.4, -0.2) is 130 Å². The molecule has 16 heteroatoms. The number of allylic oxidation sites excluding steroid dienone is 2. The number of nitrogens with zero attached hydrogens (tertiary/aromatic N) is 3. The topological polar surface area (TPSA) is 220 Å². The number of hydrogen-bond donors (Lipinski definition) is 6. The lowest BCUT2D eigenvalue weighted by molar-refractivity contribution is -0.160. The van der Waals surface area contributed by atoms with Gasteiger partial charge in [-0.1, -0.05) is 45.9 Å². The average Bonchev–Trinajstić information content (AvgIpc) is 3.46. The van der Waals surface area contributed by atoms with Gasteiger partial charge in [-0.3, -0.25) is 19.4 Å². The summed E-state index contributed by atoms with van der Waals surface area (Å²) in [6, 6.07) is 0. The van der Waals surface area contributed by atoms with Crippen molar-refractivity contribution in [1.29, 1.82) is 0 Å². The predicted molar refractivity (Wildman–Crippen MR) is 220 cm³/mol. The minimum absolute atomic E-state index is 0.0559. The molecule has 0 radical (unpaired) electrons. The minimum atomic E-state index is -2.04. The van der Waals surface area contributed by atoms with E-state index in [-0.39, 0.29) is 44.5 Å². The number of aliphatic hydroxyl groups is 2. The monoisotopic (exact) mass is 822 g/mol. The first-order valence-electron chi connectivity index (χ1n) is 19.8. The number of ether oxygens (including phenoxy) is 4. The van der Waals surface area contributed by atoms with Crippen LogP contribution in [0.5, 0.6) is 23.0 Å². The van der Waals surface area contributed by atoms with Crippen molar-refractivity contribution in [3.05, 3.63) is 52.8 Å². The van der Waals surface area contributed by atoms with Crippen molar-refractivity contribution in [3.63, 3.8) is 0 Å². The van der Waals surface area contributed by atoms with Crippen LogP contribution >= 0.6 is 0 Å². The fourth-order valence-corrected chi connectivity index (χ4v) is 7.92. The number of likely N-dealkylation sites (N-methyl/N-ethyl adjacent to an activating group) is 1. The van der Waals surface area contributed by atoms with Gasteiger partial charge in [0.2, 0.25) is 0 Å². The summed E-state index contributed by atoms with van der Waals surface area (Å²) in [5.41, 5.74) is -0.350. The van der Waals surface area contributed by atoms with E-state index in [1.807, 2.05) is 7.05 Å². The summed E-state index contributed by atoms with van der Waals surface area (Å²) < 4.78 is 23.6. The molecule has 6 rings (SSSR count). The molecular weight excluding hydrogens is 764 g/mol. The van der Waals surface area contributed by atoms with Crippen molar-refractivity contribution in [1.82, 2.24) is 9.91 Å². The maximum absolute atomic E-state index is 14.4. The molecule has 0 unspecified atom stereocenters. The third-order valence-corrected chi connectivity index (χ3v) is 11.9. The Labute approximate surface area is 344 Å². The molecule has 0 aromatic heterocycles. The van der Waals surface area contributed by atoms with Crippen LogP contribution in [0.25, 0.3) is 10.8 Å². The zero-order valence-electron chi connectivity index (χ0n) is 35.3. The molecular formula is C43H58N4O12. The van der Waals surface area contributed by atoms with Gasteiger partial charge in [-0.2, -0.15) is 5.10 Å². The van der Waals surface area contributed by atoms with Crippen LogP contribution < -0.4 is 10.1 Å². The van der Waals surface area contributed by atoms with Crippen LogP contribution in [0, 0.1) is 30.6 Å². The summed E-state index contributed by atoms with van der Waals surface area (Å²) in [5.74, 6) is -8.34. The number of ketones is 1. The highest BCUT2D eigenvalue weighted by molar-refractivity contribution is 6.23. The van der Waals surface area contributed by atoms with Crippen molar-refractivity contribution in [2.24, 2.45) is 28.8 Å². The fourth-order valence-electron chi connectivity index (χ4n) is 7.92. The van der Waals surface area contributed by atoms with Crippen LogP contribution in [0.2, 0.25) is 0 Å². The predicted octanol–water partition coefficient (Wildman–Crippen LogP) is 4.34. The van der Waals surface area contributed by atoms with Crippen LogP contribution in [0.4, 0.5) is 5.69 Å². The first-order chi connectivity index (χ1) is 27.7. The van der Waals surface area contributed by atoms with Gasteiger partial charge in [0.25, 0.3) is 11.7 Å². The Morgan fingerprint density at radius 1 is 0.949 bits per heavy atom. The highest BCUT2D eigenvalue weighted by Gasteiger charge is 2.50. The second-order valence-electron chi connectivity index (χ2n) is 16.1. The molecule has 5 bridgehead atoms. The Bertz CT molecular complexity index is 2070. The van der Waals surface area contributed by atoms with Gasteiger partial charge in [0.1, 0.15) is 23.4 Å². The molecule has 322 valence electrons. The number of benzene rings is 2. The van der Waals surface area contributed by atoms with Gasteiger partial charge >= 0.3 is 11.8 Å². The van der Waals surface area contributed by atoms with Crippen molar-refractivity contribution in [2.75, 3.05) is 45.7 Å². The van der Waals surface area contributed by atoms with E-state index in [0.717, 1.165) is 13.1 Å². The molecule has 4 heterocycles. The number of anilines is 1. The fraction of sp³-hybridized carbons (Fsp3) is 0.535. The third kappa shape index (κ3) is 8.91. The van der Waals surface area contributed by atoms with E-state index in [0.29, 0.717) is 13.1 Å². The molecule has 0 spiro atoms. The summed E-state index contributed by atoms with van der Waals surface area (Å²) in [7, 11) is 3.42. The summed E-state index contributed by atoms with van der Waals surface area (Å²) >= 11 is 0. The van der Waals surface area contributed by atoms with E-state index in [2.05, 4.69) is 15.3 Å². The third-order valence-electron chi connectivity index (χ3n) is 11.9. The molecule has 2 aromatic carbocycles. The number of fused-ring (bicyclic) bond motifs is 14. The normalized spacial score (nSPS) is 30.1. The minimum Gasteiger partial charge on any atom is -0.507 e. The number of carbonyl (C=O) groups excluding carboxylic acids is 3. The number of Topliss-reactive ketones (excluding diaryl/α,β-unsaturated/α-hetero) is 1. The largest absolute Gasteiger partial charge is 0.507 e. The van der Waals surface area contributed by atoms with Crippen LogP contribution in [0.1, 0.15) is 70.0 Å². The number of phenols is 3. The van der Waals surface area contributed by atoms with E-state index in [1.165, 1.54) is 59.4 Å². The Kier molecular flexibility index (Phi) is 13.7. The average molecular weight is 823 g/mol. The molecule has 4 aliphatic heterocycles. The van der Waals surface area contributed by atoms with Crippen molar-refractivity contribution in [3.8, 4) is 23.0 Å².